The van der Waals surface area contributed by atoms with Crippen LogP contribution in [0.1, 0.15) is 101 Å². The zero-order valence-electron chi connectivity index (χ0n) is 24.0. The fourth-order valence-corrected chi connectivity index (χ4v) is 5.10. The van der Waals surface area contributed by atoms with Gasteiger partial charge in [0.1, 0.15) is 17.3 Å². The second-order valence-corrected chi connectivity index (χ2v) is 10.9. The van der Waals surface area contributed by atoms with E-state index in [4.69, 9.17) is 9.15 Å². The van der Waals surface area contributed by atoms with Crippen LogP contribution in [0.25, 0.3) is 0 Å². The Kier molecular flexibility index (Phi) is 13.5. The summed E-state index contributed by atoms with van der Waals surface area (Å²) < 4.78 is 25.0. The number of nitrogens with zero attached hydrogens (tertiary/aromatic N) is 2. The molecule has 0 aliphatic carbocycles. The number of aryl methyl sites for hydroxylation is 1. The molecule has 2 aromatic rings. The third kappa shape index (κ3) is 11.5. The molecule has 0 bridgehead atoms. The highest BCUT2D eigenvalue weighted by Gasteiger charge is 2.26. The first kappa shape index (κ1) is 30.9. The van der Waals surface area contributed by atoms with Gasteiger partial charge in [-0.05, 0) is 56.0 Å². The molecular formula is C32H47FN2O4. The summed E-state index contributed by atoms with van der Waals surface area (Å²) in [5.74, 6) is 0.984. The van der Waals surface area contributed by atoms with Gasteiger partial charge in [0.25, 0.3) is 0 Å². The number of halogens is 1. The molecule has 216 valence electrons. The number of rotatable bonds is 18. The predicted molar refractivity (Wildman–Crippen MR) is 151 cm³/mol. The van der Waals surface area contributed by atoms with E-state index in [0.717, 1.165) is 43.4 Å². The maximum atomic E-state index is 13.6. The normalized spacial score (nSPS) is 15.0. The fourth-order valence-electron chi connectivity index (χ4n) is 5.10. The van der Waals surface area contributed by atoms with E-state index >= 15 is 0 Å². The SMILES string of the molecule is CCCCCCCCCCCC(=O)N(CC(=O)N(Cc1ccc(F)cc1)Cc1ccc(C)o1)C[C@@H]1CCCO1. The largest absolute Gasteiger partial charge is 0.464 e. The lowest BCUT2D eigenvalue weighted by Gasteiger charge is -2.29. The Morgan fingerprint density at radius 3 is 2.18 bits per heavy atom. The van der Waals surface area contributed by atoms with Gasteiger partial charge in [0.05, 0.1) is 19.2 Å². The van der Waals surface area contributed by atoms with E-state index in [2.05, 4.69) is 6.92 Å². The van der Waals surface area contributed by atoms with Crippen molar-refractivity contribution in [3.8, 4) is 0 Å². The Balaban J connectivity index is 1.58. The van der Waals surface area contributed by atoms with Crippen molar-refractivity contribution < 1.29 is 23.1 Å². The molecule has 0 unspecified atom stereocenters. The van der Waals surface area contributed by atoms with Gasteiger partial charge in [-0.2, -0.15) is 0 Å². The maximum absolute atomic E-state index is 13.6. The van der Waals surface area contributed by atoms with Crippen molar-refractivity contribution in [2.75, 3.05) is 19.7 Å². The Morgan fingerprint density at radius 1 is 0.872 bits per heavy atom. The highest BCUT2D eigenvalue weighted by molar-refractivity contribution is 5.85. The first-order valence-corrected chi connectivity index (χ1v) is 14.9. The van der Waals surface area contributed by atoms with E-state index in [1.807, 2.05) is 19.1 Å². The third-order valence-corrected chi connectivity index (χ3v) is 7.40. The van der Waals surface area contributed by atoms with Crippen LogP contribution in [0.4, 0.5) is 4.39 Å². The van der Waals surface area contributed by atoms with Gasteiger partial charge < -0.3 is 19.0 Å². The van der Waals surface area contributed by atoms with Crippen molar-refractivity contribution in [2.24, 2.45) is 0 Å². The fraction of sp³-hybridized carbons (Fsp3) is 0.625. The number of ether oxygens (including phenoxy) is 1. The first-order chi connectivity index (χ1) is 18.9. The summed E-state index contributed by atoms with van der Waals surface area (Å²) >= 11 is 0. The molecule has 0 saturated carbocycles. The zero-order chi connectivity index (χ0) is 27.9. The molecule has 2 heterocycles. The number of hydrogen-bond donors (Lipinski definition) is 0. The van der Waals surface area contributed by atoms with Crippen LogP contribution in [0, 0.1) is 12.7 Å². The zero-order valence-corrected chi connectivity index (χ0v) is 24.0. The Morgan fingerprint density at radius 2 is 1.56 bits per heavy atom. The van der Waals surface area contributed by atoms with Crippen molar-refractivity contribution in [3.63, 3.8) is 0 Å². The lowest BCUT2D eigenvalue weighted by atomic mass is 10.1. The van der Waals surface area contributed by atoms with Crippen molar-refractivity contribution >= 4 is 11.8 Å². The summed E-state index contributed by atoms with van der Waals surface area (Å²) in [7, 11) is 0. The first-order valence-electron chi connectivity index (χ1n) is 14.9. The Hall–Kier alpha value is -2.67. The van der Waals surface area contributed by atoms with Crippen LogP contribution in [-0.4, -0.2) is 47.4 Å². The summed E-state index contributed by atoms with van der Waals surface area (Å²) in [5.41, 5.74) is 0.819. The number of carbonyl (C=O) groups excluding carboxylic acids is 2. The van der Waals surface area contributed by atoms with Gasteiger partial charge in [-0.15, -0.1) is 0 Å². The maximum Gasteiger partial charge on any atom is 0.242 e. The van der Waals surface area contributed by atoms with Gasteiger partial charge in [0.2, 0.25) is 11.8 Å². The minimum atomic E-state index is -0.317. The van der Waals surface area contributed by atoms with Crippen LogP contribution >= 0.6 is 0 Å². The van der Waals surface area contributed by atoms with Gasteiger partial charge in [-0.25, -0.2) is 4.39 Å². The van der Waals surface area contributed by atoms with E-state index in [1.165, 1.54) is 50.7 Å². The molecule has 0 radical (unpaired) electrons. The highest BCUT2D eigenvalue weighted by atomic mass is 19.1. The third-order valence-electron chi connectivity index (χ3n) is 7.40. The molecule has 2 amide bonds. The molecule has 1 saturated heterocycles. The smallest absolute Gasteiger partial charge is 0.242 e. The summed E-state index contributed by atoms with van der Waals surface area (Å²) in [6.45, 7) is 5.82. The molecule has 3 rings (SSSR count). The van der Waals surface area contributed by atoms with Crippen molar-refractivity contribution in [1.82, 2.24) is 9.80 Å². The van der Waals surface area contributed by atoms with Gasteiger partial charge >= 0.3 is 0 Å². The summed E-state index contributed by atoms with van der Waals surface area (Å²) in [5, 5.41) is 0. The average Bonchev–Trinajstić information content (AvgIpc) is 3.59. The average molecular weight is 543 g/mol. The minimum absolute atomic E-state index is 0.00297. The quantitative estimate of drug-likeness (QED) is 0.187. The summed E-state index contributed by atoms with van der Waals surface area (Å²) in [6.07, 6.45) is 13.0. The van der Waals surface area contributed by atoms with E-state index in [0.29, 0.717) is 31.9 Å². The molecule has 1 aromatic heterocycles. The topological polar surface area (TPSA) is 63.0 Å². The predicted octanol–water partition coefficient (Wildman–Crippen LogP) is 7.18. The summed E-state index contributed by atoms with van der Waals surface area (Å²) in [6, 6.07) is 9.89. The van der Waals surface area contributed by atoms with Crippen LogP contribution in [0.2, 0.25) is 0 Å². The van der Waals surface area contributed by atoms with E-state index in [9.17, 15) is 14.0 Å². The molecule has 1 aliphatic rings. The number of amides is 2. The molecule has 6 nitrogen and oxygen atoms in total. The molecular weight excluding hydrogens is 495 g/mol. The molecule has 1 aliphatic heterocycles. The number of benzene rings is 1. The van der Waals surface area contributed by atoms with Crippen LogP contribution in [0.3, 0.4) is 0 Å². The summed E-state index contributed by atoms with van der Waals surface area (Å²) in [4.78, 5) is 30.3. The molecule has 0 spiro atoms. The molecule has 39 heavy (non-hydrogen) atoms. The van der Waals surface area contributed by atoms with E-state index in [-0.39, 0.29) is 36.8 Å². The number of hydrogen-bond acceptors (Lipinski definition) is 4. The van der Waals surface area contributed by atoms with Crippen LogP contribution in [-0.2, 0) is 27.4 Å². The number of carbonyl (C=O) groups is 2. The Bertz CT molecular complexity index is 984. The number of unbranched alkanes of at least 4 members (excludes halogenated alkanes) is 8. The van der Waals surface area contributed by atoms with Gasteiger partial charge in [0.15, 0.2) is 0 Å². The molecule has 1 atom stereocenters. The van der Waals surface area contributed by atoms with Gasteiger partial charge in [0, 0.05) is 26.1 Å². The van der Waals surface area contributed by atoms with Crippen molar-refractivity contribution in [1.29, 1.82) is 0 Å². The number of furan rings is 1. The minimum Gasteiger partial charge on any atom is -0.464 e. The van der Waals surface area contributed by atoms with Crippen molar-refractivity contribution in [2.45, 2.75) is 110 Å². The second-order valence-electron chi connectivity index (χ2n) is 10.9. The molecule has 1 fully saturated rings. The van der Waals surface area contributed by atoms with Crippen molar-refractivity contribution in [3.05, 3.63) is 59.3 Å². The van der Waals surface area contributed by atoms with Crippen LogP contribution < -0.4 is 0 Å². The lowest BCUT2D eigenvalue weighted by Crippen LogP contribution is -2.45. The van der Waals surface area contributed by atoms with Gasteiger partial charge in [-0.3, -0.25) is 9.59 Å². The van der Waals surface area contributed by atoms with Gasteiger partial charge in [-0.1, -0.05) is 70.4 Å². The lowest BCUT2D eigenvalue weighted by molar-refractivity contribution is -0.142. The van der Waals surface area contributed by atoms with E-state index < -0.39 is 0 Å². The standard InChI is InChI=1S/C32H47FN2O4/c1-3-4-5-6-7-8-9-10-11-14-31(36)35(23-29-13-12-21-38-29)25-32(37)34(24-30-20-15-26(2)39-30)22-27-16-18-28(33)19-17-27/h15-20,29H,3-14,21-25H2,1-2H3/t29-/m0/s1. The molecule has 1 aromatic carbocycles. The van der Waals surface area contributed by atoms with Crippen LogP contribution in [0.15, 0.2) is 40.8 Å². The van der Waals surface area contributed by atoms with E-state index in [1.54, 1.807) is 21.9 Å². The Labute approximate surface area is 233 Å². The molecule has 7 heteroatoms. The monoisotopic (exact) mass is 542 g/mol. The van der Waals surface area contributed by atoms with Crippen LogP contribution in [0.5, 0.6) is 0 Å². The molecule has 0 N–H and O–H groups in total. The highest BCUT2D eigenvalue weighted by Crippen LogP contribution is 2.18. The second kappa shape index (κ2) is 17.1.